The van der Waals surface area contributed by atoms with Gasteiger partial charge < -0.3 is 40.9 Å². The van der Waals surface area contributed by atoms with Gasteiger partial charge in [0.25, 0.3) is 0 Å². The molecule has 0 bridgehead atoms. The van der Waals surface area contributed by atoms with E-state index in [1.807, 2.05) is 0 Å². The Bertz CT molecular complexity index is 2380. The summed E-state index contributed by atoms with van der Waals surface area (Å²) >= 11 is 0. The van der Waals surface area contributed by atoms with Crippen molar-refractivity contribution >= 4 is 47.8 Å². The van der Waals surface area contributed by atoms with Gasteiger partial charge in [0.1, 0.15) is 0 Å². The van der Waals surface area contributed by atoms with Crippen molar-refractivity contribution in [2.75, 3.05) is 0 Å². The first kappa shape index (κ1) is 106. The molecule has 16 atom stereocenters. The minimum Gasteiger partial charge on any atom is -0.481 e. The second-order valence-electron chi connectivity index (χ2n) is 35.9. The molecule has 4 fully saturated rings. The van der Waals surface area contributed by atoms with Gasteiger partial charge in [0.05, 0.1) is 0 Å². The molecule has 0 amide bonds. The highest BCUT2D eigenvalue weighted by molar-refractivity contribution is 5.70. The van der Waals surface area contributed by atoms with Gasteiger partial charge in [-0.3, -0.25) is 38.4 Å². The Labute approximate surface area is 684 Å². The molecular weight excluding hydrogens is 1410 g/mol. The summed E-state index contributed by atoms with van der Waals surface area (Å²) in [5.74, 6) is 3.27. The predicted octanol–water partition coefficient (Wildman–Crippen LogP) is 27.7. The molecule has 4 aliphatic carbocycles. The van der Waals surface area contributed by atoms with Gasteiger partial charge in [0.15, 0.2) is 0 Å². The Kier molecular flexibility index (Phi) is 65.0. The zero-order valence-corrected chi connectivity index (χ0v) is 73.3. The quantitative estimate of drug-likeness (QED) is 0.0263. The van der Waals surface area contributed by atoms with Crippen LogP contribution in [0.25, 0.3) is 0 Å². The first-order chi connectivity index (χ1) is 54.0. The van der Waals surface area contributed by atoms with E-state index in [2.05, 4.69) is 55.4 Å². The third-order valence-corrected chi connectivity index (χ3v) is 27.8. The van der Waals surface area contributed by atoms with Crippen LogP contribution in [0, 0.1) is 94.7 Å². The van der Waals surface area contributed by atoms with Crippen molar-refractivity contribution in [2.24, 2.45) is 94.7 Å². The average Bonchev–Trinajstić information content (AvgIpc) is 0.834. The van der Waals surface area contributed by atoms with Gasteiger partial charge in [0.2, 0.25) is 0 Å². The van der Waals surface area contributed by atoms with Crippen LogP contribution in [0.5, 0.6) is 0 Å². The van der Waals surface area contributed by atoms with Gasteiger partial charge in [-0.25, -0.2) is 0 Å². The summed E-state index contributed by atoms with van der Waals surface area (Å²) in [5, 5.41) is 72.6. The minimum absolute atomic E-state index is 0.0229. The molecule has 4 aliphatic rings. The van der Waals surface area contributed by atoms with E-state index in [1.165, 1.54) is 193 Å². The van der Waals surface area contributed by atoms with Crippen molar-refractivity contribution in [1.82, 2.24) is 0 Å². The molecule has 0 aromatic carbocycles. The lowest BCUT2D eigenvalue weighted by atomic mass is 9.62. The summed E-state index contributed by atoms with van der Waals surface area (Å²) in [6.07, 6.45) is 68.2. The van der Waals surface area contributed by atoms with Crippen molar-refractivity contribution in [2.45, 2.75) is 466 Å². The lowest BCUT2D eigenvalue weighted by molar-refractivity contribution is -0.144. The lowest BCUT2D eigenvalue weighted by Gasteiger charge is -2.43. The zero-order valence-electron chi connectivity index (χ0n) is 73.3. The second-order valence-corrected chi connectivity index (χ2v) is 35.9. The molecule has 0 radical (unpaired) electrons. The van der Waals surface area contributed by atoms with Crippen LogP contribution in [0.3, 0.4) is 0 Å². The monoisotopic (exact) mass is 1590 g/mol. The van der Waals surface area contributed by atoms with E-state index in [-0.39, 0.29) is 43.9 Å². The van der Waals surface area contributed by atoms with Crippen molar-refractivity contribution in [1.29, 1.82) is 0 Å². The summed E-state index contributed by atoms with van der Waals surface area (Å²) in [6.45, 7) is 18.3. The largest absolute Gasteiger partial charge is 0.481 e. The molecule has 4 rings (SSSR count). The van der Waals surface area contributed by atoms with E-state index >= 15 is 0 Å². The maximum absolute atomic E-state index is 11.5. The summed E-state index contributed by atoms with van der Waals surface area (Å²) in [6, 6.07) is 0. The molecule has 4 saturated carbocycles. The molecule has 0 spiro atoms. The SMILES string of the molecule is CCCCCC1CCC(CCCCCCCCC(=O)O)C(CC(=O)O)C1CC.CCCCCC1CCC(CCCCCCCCC(=O)O)C(CC(=O)O)C1CC(=O)O.CCCCCCC1CCC(CCCCCCCC(=O)O)C(CC(=O)O)C1CC.CCCCCCC1CCC(CCCCCCCC(=O)O)C(CC)C1CC. The molecule has 8 N–H and O–H groups in total. The van der Waals surface area contributed by atoms with E-state index in [0.717, 1.165) is 202 Å². The van der Waals surface area contributed by atoms with E-state index in [0.29, 0.717) is 66.6 Å². The maximum Gasteiger partial charge on any atom is 0.303 e. The van der Waals surface area contributed by atoms with Crippen molar-refractivity contribution in [3.8, 4) is 0 Å². The number of unbranched alkanes of at least 4 members (excludes halogenated alkanes) is 28. The molecule has 16 unspecified atom stereocenters. The number of carbonyl (C=O) groups is 8. The van der Waals surface area contributed by atoms with Crippen LogP contribution < -0.4 is 0 Å². The first-order valence-electron chi connectivity index (χ1n) is 47.7. The molecule has 0 aromatic rings. The predicted molar refractivity (Wildman–Crippen MR) is 458 cm³/mol. The Morgan fingerprint density at radius 2 is 0.312 bits per heavy atom. The number of carboxylic acids is 8. The van der Waals surface area contributed by atoms with Crippen molar-refractivity contribution < 1.29 is 79.2 Å². The molecule has 16 heteroatoms. The van der Waals surface area contributed by atoms with Gasteiger partial charge in [-0.1, -0.05) is 338 Å². The summed E-state index contributed by atoms with van der Waals surface area (Å²) in [5.41, 5.74) is 0. The first-order valence-corrected chi connectivity index (χ1v) is 47.7. The third-order valence-electron chi connectivity index (χ3n) is 27.8. The fraction of sp³-hybridized carbons (Fsp3) is 0.917. The highest BCUT2D eigenvalue weighted by atomic mass is 16.4. The van der Waals surface area contributed by atoms with Crippen LogP contribution in [0.15, 0.2) is 0 Å². The number of aliphatic carboxylic acids is 8. The van der Waals surface area contributed by atoms with Gasteiger partial charge >= 0.3 is 47.8 Å². The van der Waals surface area contributed by atoms with Crippen LogP contribution in [-0.2, 0) is 38.4 Å². The zero-order chi connectivity index (χ0) is 83.1. The summed E-state index contributed by atoms with van der Waals surface area (Å²) in [4.78, 5) is 88.3. The number of carboxylic acid groups (broad SMARTS) is 8. The maximum atomic E-state index is 11.5. The Morgan fingerprint density at radius 1 is 0.179 bits per heavy atom. The third kappa shape index (κ3) is 50.4. The second kappa shape index (κ2) is 68.8. The van der Waals surface area contributed by atoms with Gasteiger partial charge in [-0.15, -0.1) is 0 Å². The summed E-state index contributed by atoms with van der Waals surface area (Å²) < 4.78 is 0. The van der Waals surface area contributed by atoms with Crippen LogP contribution in [-0.4, -0.2) is 88.6 Å². The Morgan fingerprint density at radius 3 is 0.482 bits per heavy atom. The number of hydrogen-bond acceptors (Lipinski definition) is 8. The molecular formula is C96H176O16. The van der Waals surface area contributed by atoms with Crippen molar-refractivity contribution in [3.05, 3.63) is 0 Å². The minimum atomic E-state index is -0.812. The van der Waals surface area contributed by atoms with Crippen molar-refractivity contribution in [3.63, 3.8) is 0 Å². The van der Waals surface area contributed by atoms with E-state index < -0.39 is 47.8 Å². The fourth-order valence-electron chi connectivity index (χ4n) is 21.9. The van der Waals surface area contributed by atoms with Gasteiger partial charge in [0, 0.05) is 51.4 Å². The topological polar surface area (TPSA) is 298 Å². The Hall–Kier alpha value is -4.24. The van der Waals surface area contributed by atoms with Crippen LogP contribution in [0.1, 0.15) is 466 Å². The normalized spacial score (nSPS) is 24.9. The van der Waals surface area contributed by atoms with E-state index in [4.69, 9.17) is 20.4 Å². The molecule has 0 saturated heterocycles. The number of hydrogen-bond donors (Lipinski definition) is 8. The van der Waals surface area contributed by atoms with Crippen LogP contribution >= 0.6 is 0 Å². The number of rotatable bonds is 64. The molecule has 112 heavy (non-hydrogen) atoms. The van der Waals surface area contributed by atoms with Gasteiger partial charge in [-0.05, 0) is 172 Å². The Balaban J connectivity index is 0.000000748. The lowest BCUT2D eigenvalue weighted by Crippen LogP contribution is -2.37. The average molecular weight is 1590 g/mol. The molecule has 0 heterocycles. The smallest absolute Gasteiger partial charge is 0.303 e. The molecule has 0 aromatic heterocycles. The molecule has 656 valence electrons. The van der Waals surface area contributed by atoms with Crippen LogP contribution in [0.4, 0.5) is 0 Å². The fourth-order valence-corrected chi connectivity index (χ4v) is 21.9. The van der Waals surface area contributed by atoms with Gasteiger partial charge in [-0.2, -0.15) is 0 Å². The highest BCUT2D eigenvalue weighted by Gasteiger charge is 2.43. The summed E-state index contributed by atoms with van der Waals surface area (Å²) in [7, 11) is 0. The molecule has 0 aliphatic heterocycles. The standard InChI is InChI=1S/C24H42O6.2C24H44O4.C24H46O2/c1-2-3-8-11-18-14-15-19(12-9-6-4-5-7-10-13-22(25)26)21(17-24(29)30)20(18)16-23(27)28;1-3-5-10-13-19-16-17-20(22(18-24(27)28)21(19)4-2)14-11-8-6-7-9-12-15-23(25)26;1-3-5-6-10-13-19-16-17-20(22(18-24(27)28)21(19)4-2)14-11-8-7-9-12-15-23(25)26;1-4-7-8-12-15-20-18-19-21(23(6-3)22(20)5-2)16-13-10-9-11-14-17-24(25)26/h18-21H,2-17H2,1H3,(H,25,26)(H,27,28)(H,29,30);2*19-22H,3-18H2,1-2H3,(H,25,26)(H,27,28);20-23H,4-19H2,1-3H3,(H,25,26). The van der Waals surface area contributed by atoms with E-state index in [1.54, 1.807) is 0 Å². The molecule has 16 nitrogen and oxygen atoms in total. The van der Waals surface area contributed by atoms with Crippen LogP contribution in [0.2, 0.25) is 0 Å². The van der Waals surface area contributed by atoms with E-state index in [9.17, 15) is 58.8 Å². The highest BCUT2D eigenvalue weighted by Crippen LogP contribution is 2.51.